The number of fused-ring (bicyclic) bond motifs is 2. The summed E-state index contributed by atoms with van der Waals surface area (Å²) in [6, 6.07) is 11.9. The lowest BCUT2D eigenvalue weighted by Gasteiger charge is -2.42. The summed E-state index contributed by atoms with van der Waals surface area (Å²) in [5, 5.41) is 18.3. The van der Waals surface area contributed by atoms with Crippen LogP contribution in [0, 0.1) is 0 Å². The second-order valence-electron chi connectivity index (χ2n) is 7.60. The quantitative estimate of drug-likeness (QED) is 0.738. The predicted octanol–water partition coefficient (Wildman–Crippen LogP) is 1.75. The van der Waals surface area contributed by atoms with Crippen molar-refractivity contribution in [3.8, 4) is 5.82 Å². The number of hydrogen-bond donors (Lipinski definition) is 1. The Hall–Kier alpha value is -3.06. The van der Waals surface area contributed by atoms with Crippen molar-refractivity contribution in [2.24, 2.45) is 0 Å². The summed E-state index contributed by atoms with van der Waals surface area (Å²) in [5.74, 6) is 0.656. The SMILES string of the molecule is O=C(c1ccc(-n2cnnc2)nc1)N1CCC2(CC1)c1ccccc1CC2O. The molecule has 1 fully saturated rings. The molecule has 1 aliphatic carbocycles. The van der Waals surface area contributed by atoms with Crippen LogP contribution >= 0.6 is 0 Å². The molecular formula is C21H21N5O2. The zero-order chi connectivity index (χ0) is 19.1. The predicted molar refractivity (Wildman–Crippen MR) is 102 cm³/mol. The Morgan fingerprint density at radius 2 is 1.82 bits per heavy atom. The number of rotatable bonds is 2. The topological polar surface area (TPSA) is 84.1 Å². The van der Waals surface area contributed by atoms with E-state index in [1.807, 2.05) is 17.0 Å². The Morgan fingerprint density at radius 1 is 1.07 bits per heavy atom. The maximum atomic E-state index is 12.9. The van der Waals surface area contributed by atoms with Gasteiger partial charge in [-0.2, -0.15) is 0 Å². The highest BCUT2D eigenvalue weighted by atomic mass is 16.3. The van der Waals surface area contributed by atoms with E-state index in [0.29, 0.717) is 30.9 Å². The number of aliphatic hydroxyl groups is 1. The smallest absolute Gasteiger partial charge is 0.255 e. The highest BCUT2D eigenvalue weighted by molar-refractivity contribution is 5.94. The van der Waals surface area contributed by atoms with Crippen LogP contribution in [0.5, 0.6) is 0 Å². The number of benzene rings is 1. The lowest BCUT2D eigenvalue weighted by molar-refractivity contribution is 0.0365. The fourth-order valence-electron chi connectivity index (χ4n) is 4.65. The molecule has 1 unspecified atom stereocenters. The van der Waals surface area contributed by atoms with E-state index in [1.54, 1.807) is 35.6 Å². The summed E-state index contributed by atoms with van der Waals surface area (Å²) in [6.45, 7) is 1.27. The summed E-state index contributed by atoms with van der Waals surface area (Å²) in [6.07, 6.45) is 6.64. The number of aliphatic hydroxyl groups excluding tert-OH is 1. The van der Waals surface area contributed by atoms with Gasteiger partial charge in [0, 0.05) is 24.7 Å². The fourth-order valence-corrected chi connectivity index (χ4v) is 4.65. The summed E-state index contributed by atoms with van der Waals surface area (Å²) >= 11 is 0. The molecule has 0 radical (unpaired) electrons. The van der Waals surface area contributed by atoms with Gasteiger partial charge in [-0.3, -0.25) is 9.36 Å². The second kappa shape index (κ2) is 6.53. The summed E-state index contributed by atoms with van der Waals surface area (Å²) in [5.41, 5.74) is 2.85. The zero-order valence-corrected chi connectivity index (χ0v) is 15.4. The summed E-state index contributed by atoms with van der Waals surface area (Å²) in [7, 11) is 0. The first kappa shape index (κ1) is 17.1. The van der Waals surface area contributed by atoms with Crippen molar-refractivity contribution in [1.29, 1.82) is 0 Å². The molecule has 1 spiro atoms. The van der Waals surface area contributed by atoms with Crippen molar-refractivity contribution < 1.29 is 9.90 Å². The minimum atomic E-state index is -0.369. The van der Waals surface area contributed by atoms with Gasteiger partial charge in [0.15, 0.2) is 0 Å². The van der Waals surface area contributed by atoms with Crippen LogP contribution in [0.2, 0.25) is 0 Å². The van der Waals surface area contributed by atoms with Gasteiger partial charge in [0.2, 0.25) is 0 Å². The zero-order valence-electron chi connectivity index (χ0n) is 15.4. The van der Waals surface area contributed by atoms with Gasteiger partial charge in [-0.15, -0.1) is 10.2 Å². The highest BCUT2D eigenvalue weighted by Gasteiger charge is 2.48. The lowest BCUT2D eigenvalue weighted by atomic mass is 9.72. The lowest BCUT2D eigenvalue weighted by Crippen LogP contribution is -2.49. The van der Waals surface area contributed by atoms with Crippen LogP contribution in [0.3, 0.4) is 0 Å². The van der Waals surface area contributed by atoms with E-state index in [2.05, 4.69) is 27.3 Å². The molecule has 0 bridgehead atoms. The van der Waals surface area contributed by atoms with E-state index in [1.165, 1.54) is 11.1 Å². The molecule has 1 aliphatic heterocycles. The van der Waals surface area contributed by atoms with Gasteiger partial charge < -0.3 is 10.0 Å². The average molecular weight is 375 g/mol. The first-order valence-corrected chi connectivity index (χ1v) is 9.54. The second-order valence-corrected chi connectivity index (χ2v) is 7.60. The Balaban J connectivity index is 1.31. The maximum Gasteiger partial charge on any atom is 0.255 e. The summed E-state index contributed by atoms with van der Waals surface area (Å²) < 4.78 is 1.69. The monoisotopic (exact) mass is 375 g/mol. The molecule has 7 heteroatoms. The van der Waals surface area contributed by atoms with E-state index in [0.717, 1.165) is 12.8 Å². The van der Waals surface area contributed by atoms with E-state index >= 15 is 0 Å². The maximum absolute atomic E-state index is 12.9. The van der Waals surface area contributed by atoms with Crippen LogP contribution in [0.1, 0.15) is 34.3 Å². The van der Waals surface area contributed by atoms with Gasteiger partial charge in [-0.1, -0.05) is 24.3 Å². The Labute approximate surface area is 162 Å². The van der Waals surface area contributed by atoms with E-state index in [4.69, 9.17) is 0 Å². The van der Waals surface area contributed by atoms with Crippen molar-refractivity contribution in [3.05, 3.63) is 71.9 Å². The molecule has 3 heterocycles. The van der Waals surface area contributed by atoms with Gasteiger partial charge in [0.1, 0.15) is 18.5 Å². The standard InChI is InChI=1S/C21H21N5O2/c27-18-11-15-3-1-2-4-17(15)21(18)7-9-25(10-8-21)20(28)16-5-6-19(22-12-16)26-13-23-24-14-26/h1-6,12-14,18,27H,7-11H2. The number of nitrogens with zero attached hydrogens (tertiary/aromatic N) is 5. The number of piperidine rings is 1. The fraction of sp³-hybridized carbons (Fsp3) is 0.333. The number of carbonyl (C=O) groups excluding carboxylic acids is 1. The molecule has 5 rings (SSSR count). The van der Waals surface area contributed by atoms with Crippen LogP contribution < -0.4 is 0 Å². The Morgan fingerprint density at radius 3 is 2.54 bits per heavy atom. The van der Waals surface area contributed by atoms with E-state index < -0.39 is 0 Å². The molecule has 1 atom stereocenters. The molecule has 1 amide bonds. The molecule has 1 saturated heterocycles. The van der Waals surface area contributed by atoms with Gasteiger partial charge in [0.05, 0.1) is 11.7 Å². The van der Waals surface area contributed by atoms with Crippen LogP contribution in [0.4, 0.5) is 0 Å². The Kier molecular flexibility index (Phi) is 3.98. The number of likely N-dealkylation sites (tertiary alicyclic amines) is 1. The molecular weight excluding hydrogens is 354 g/mol. The molecule has 1 aromatic carbocycles. The first-order chi connectivity index (χ1) is 13.7. The molecule has 0 saturated carbocycles. The molecule has 142 valence electrons. The molecule has 2 aromatic heterocycles. The third kappa shape index (κ3) is 2.62. The van der Waals surface area contributed by atoms with E-state index in [-0.39, 0.29) is 17.4 Å². The largest absolute Gasteiger partial charge is 0.392 e. The molecule has 3 aromatic rings. The molecule has 1 N–H and O–H groups in total. The Bertz CT molecular complexity index is 992. The van der Waals surface area contributed by atoms with Crippen molar-refractivity contribution in [1.82, 2.24) is 24.6 Å². The third-order valence-corrected chi connectivity index (χ3v) is 6.23. The highest BCUT2D eigenvalue weighted by Crippen LogP contribution is 2.46. The molecule has 28 heavy (non-hydrogen) atoms. The van der Waals surface area contributed by atoms with Gasteiger partial charge in [0.25, 0.3) is 5.91 Å². The number of pyridine rings is 1. The van der Waals surface area contributed by atoms with Gasteiger partial charge >= 0.3 is 0 Å². The van der Waals surface area contributed by atoms with Crippen LogP contribution in [-0.2, 0) is 11.8 Å². The normalized spacial score (nSPS) is 20.3. The molecule has 2 aliphatic rings. The van der Waals surface area contributed by atoms with Crippen LogP contribution in [-0.4, -0.2) is 54.9 Å². The van der Waals surface area contributed by atoms with Crippen molar-refractivity contribution in [2.45, 2.75) is 30.8 Å². The van der Waals surface area contributed by atoms with Crippen LogP contribution in [0.25, 0.3) is 5.82 Å². The average Bonchev–Trinajstić information content (AvgIpc) is 3.36. The minimum Gasteiger partial charge on any atom is -0.392 e. The van der Waals surface area contributed by atoms with Gasteiger partial charge in [-0.05, 0) is 42.5 Å². The van der Waals surface area contributed by atoms with Crippen LogP contribution in [0.15, 0.2) is 55.2 Å². The number of amides is 1. The van der Waals surface area contributed by atoms with Crippen molar-refractivity contribution >= 4 is 5.91 Å². The number of hydrogen-bond acceptors (Lipinski definition) is 5. The van der Waals surface area contributed by atoms with Crippen molar-refractivity contribution in [3.63, 3.8) is 0 Å². The number of carbonyl (C=O) groups is 1. The third-order valence-electron chi connectivity index (χ3n) is 6.23. The van der Waals surface area contributed by atoms with E-state index in [9.17, 15) is 9.90 Å². The molecule has 7 nitrogen and oxygen atoms in total. The number of aromatic nitrogens is 4. The minimum absolute atomic E-state index is 0.0153. The van der Waals surface area contributed by atoms with Crippen molar-refractivity contribution in [2.75, 3.05) is 13.1 Å². The van der Waals surface area contributed by atoms with Gasteiger partial charge in [-0.25, -0.2) is 4.98 Å². The summed E-state index contributed by atoms with van der Waals surface area (Å²) in [4.78, 5) is 19.1. The first-order valence-electron chi connectivity index (χ1n) is 9.54.